The minimum absolute atomic E-state index is 0.113. The van der Waals surface area contributed by atoms with Crippen molar-refractivity contribution < 1.29 is 4.42 Å². The molecule has 4 aliphatic rings. The van der Waals surface area contributed by atoms with E-state index in [2.05, 4.69) is 159 Å². The van der Waals surface area contributed by atoms with Crippen molar-refractivity contribution in [2.24, 2.45) is 0 Å². The van der Waals surface area contributed by atoms with E-state index in [1.807, 2.05) is 30.8 Å². The molecule has 0 bridgehead atoms. The molecule has 0 fully saturated rings. The van der Waals surface area contributed by atoms with Gasteiger partial charge >= 0.3 is 0 Å². The van der Waals surface area contributed by atoms with E-state index in [9.17, 15) is 0 Å². The molecule has 4 atom stereocenters. The number of thioether (sulfide) groups is 1. The summed E-state index contributed by atoms with van der Waals surface area (Å²) in [6, 6.07) is 31.1. The highest BCUT2D eigenvalue weighted by molar-refractivity contribution is 8.00. The highest BCUT2D eigenvalue weighted by Gasteiger charge is 2.36. The van der Waals surface area contributed by atoms with Crippen LogP contribution in [0.3, 0.4) is 0 Å². The molecule has 3 aliphatic carbocycles. The van der Waals surface area contributed by atoms with Gasteiger partial charge in [0.2, 0.25) is 0 Å². The van der Waals surface area contributed by atoms with Gasteiger partial charge in [-0.3, -0.25) is 0 Å². The highest BCUT2D eigenvalue weighted by atomic mass is 32.2. The van der Waals surface area contributed by atoms with Crippen LogP contribution < -0.4 is 0 Å². The Morgan fingerprint density at radius 3 is 2.48 bits per heavy atom. The third-order valence-electron chi connectivity index (χ3n) is 11.4. The van der Waals surface area contributed by atoms with Crippen LogP contribution >= 0.6 is 11.8 Å². The summed E-state index contributed by atoms with van der Waals surface area (Å²) in [5.74, 6) is 3.70. The van der Waals surface area contributed by atoms with Crippen LogP contribution in [0.25, 0.3) is 56.3 Å². The third-order valence-corrected chi connectivity index (χ3v) is 12.8. The number of furan rings is 1. The summed E-state index contributed by atoms with van der Waals surface area (Å²) >= 11 is 2.00. The van der Waals surface area contributed by atoms with Crippen LogP contribution in [-0.4, -0.2) is 20.2 Å². The molecule has 5 heteroatoms. The number of hydrogen-bond acceptors (Lipinski definition) is 5. The van der Waals surface area contributed by atoms with Gasteiger partial charge in [-0.15, -0.1) is 11.8 Å². The standard InChI is InChI=1S/C51H41N3OS/c1-3-4-15-32(2)49-52-50(34-18-9-6-10-19-34)54-51(53-49)37-21-13-20-35(30-37)38-23-14-24-44-46(38)42-31-36(26-29-43(42)55-44)39-27-28-40(33-16-7-5-8-17-33)48-47(39)41-22-11-12-25-45(41)56-48/h3-18,20-22,24-31,34,38,41,45H,19,23H2,1-2H3/b4-3-,32-15+. The van der Waals surface area contributed by atoms with E-state index < -0.39 is 0 Å². The Morgan fingerprint density at radius 1 is 0.750 bits per heavy atom. The molecule has 0 N–H and O–H groups in total. The molecule has 0 radical (unpaired) electrons. The fraction of sp³-hybridized carbons (Fsp3) is 0.157. The maximum atomic E-state index is 6.59. The van der Waals surface area contributed by atoms with Gasteiger partial charge in [0, 0.05) is 44.4 Å². The summed E-state index contributed by atoms with van der Waals surface area (Å²) in [5.41, 5.74) is 11.9. The molecule has 0 amide bonds. The van der Waals surface area contributed by atoms with Crippen molar-refractivity contribution in [1.82, 2.24) is 15.0 Å². The Kier molecular flexibility index (Phi) is 8.95. The van der Waals surface area contributed by atoms with Gasteiger partial charge in [0.1, 0.15) is 17.2 Å². The van der Waals surface area contributed by atoms with E-state index in [-0.39, 0.29) is 11.8 Å². The Labute approximate surface area is 332 Å². The first-order chi connectivity index (χ1) is 27.6. The van der Waals surface area contributed by atoms with Crippen LogP contribution in [0.4, 0.5) is 0 Å². The predicted molar refractivity (Wildman–Crippen MR) is 233 cm³/mol. The number of hydrogen-bond donors (Lipinski definition) is 0. The first-order valence-electron chi connectivity index (χ1n) is 19.6. The van der Waals surface area contributed by atoms with Crippen LogP contribution in [0, 0.1) is 0 Å². The fourth-order valence-corrected chi connectivity index (χ4v) is 10.1. The summed E-state index contributed by atoms with van der Waals surface area (Å²) in [7, 11) is 0. The maximum Gasteiger partial charge on any atom is 0.163 e. The van der Waals surface area contributed by atoms with E-state index in [4.69, 9.17) is 19.4 Å². The summed E-state index contributed by atoms with van der Waals surface area (Å²) in [5, 5.41) is 1.57. The van der Waals surface area contributed by atoms with E-state index in [1.54, 1.807) is 0 Å². The van der Waals surface area contributed by atoms with Crippen LogP contribution in [0.5, 0.6) is 0 Å². The van der Waals surface area contributed by atoms with E-state index in [0.29, 0.717) is 22.8 Å². The fourth-order valence-electron chi connectivity index (χ4n) is 8.61. The van der Waals surface area contributed by atoms with Gasteiger partial charge in [-0.2, -0.15) is 0 Å². The Bertz CT molecular complexity index is 2730. The van der Waals surface area contributed by atoms with Gasteiger partial charge in [0.05, 0.1) is 0 Å². The van der Waals surface area contributed by atoms with Gasteiger partial charge in [-0.25, -0.2) is 15.0 Å². The van der Waals surface area contributed by atoms with Gasteiger partial charge in [-0.05, 0) is 89.9 Å². The molecule has 4 nitrogen and oxygen atoms in total. The molecular formula is C51H41N3OS. The number of allylic oxidation sites excluding steroid dienone is 12. The Morgan fingerprint density at radius 2 is 1.61 bits per heavy atom. The number of aromatic nitrogens is 3. The molecule has 0 saturated carbocycles. The second-order valence-electron chi connectivity index (χ2n) is 14.9. The Hall–Kier alpha value is -6.04. The molecule has 10 rings (SSSR count). The zero-order valence-electron chi connectivity index (χ0n) is 31.5. The number of fused-ring (bicyclic) bond motifs is 6. The van der Waals surface area contributed by atoms with Crippen molar-refractivity contribution in [3.05, 3.63) is 192 Å². The van der Waals surface area contributed by atoms with Crippen LogP contribution in [-0.2, 0) is 0 Å². The van der Waals surface area contributed by atoms with Crippen molar-refractivity contribution in [3.63, 3.8) is 0 Å². The van der Waals surface area contributed by atoms with E-state index in [1.165, 1.54) is 49.2 Å². The zero-order chi connectivity index (χ0) is 37.6. The summed E-state index contributed by atoms with van der Waals surface area (Å²) < 4.78 is 6.59. The van der Waals surface area contributed by atoms with Gasteiger partial charge < -0.3 is 4.42 Å². The predicted octanol–water partition coefficient (Wildman–Crippen LogP) is 13.4. The lowest BCUT2D eigenvalue weighted by Gasteiger charge is -2.21. The molecule has 6 aromatic rings. The lowest BCUT2D eigenvalue weighted by atomic mass is 9.82. The molecule has 4 aromatic carbocycles. The highest BCUT2D eigenvalue weighted by Crippen LogP contribution is 2.55. The molecule has 0 saturated heterocycles. The van der Waals surface area contributed by atoms with Crippen molar-refractivity contribution >= 4 is 34.4 Å². The molecule has 2 aromatic heterocycles. The van der Waals surface area contributed by atoms with Crippen molar-refractivity contribution in [1.29, 1.82) is 0 Å². The van der Waals surface area contributed by atoms with Gasteiger partial charge in [0.15, 0.2) is 11.6 Å². The van der Waals surface area contributed by atoms with Crippen LogP contribution in [0.15, 0.2) is 167 Å². The molecule has 272 valence electrons. The SMILES string of the molecule is C/C=C\C=C(/C)c1nc(-c2cccc(C3CC=Cc4oc5ccc(-c6ccc(-c7ccccc7)c7c6C6C=CC=CC6S7)cc5c43)c2)nc(C2C=CC=CC2)n1. The molecule has 3 heterocycles. The largest absolute Gasteiger partial charge is 0.456 e. The number of benzene rings is 4. The van der Waals surface area contributed by atoms with E-state index in [0.717, 1.165) is 41.1 Å². The third kappa shape index (κ3) is 6.17. The zero-order valence-corrected chi connectivity index (χ0v) is 32.3. The lowest BCUT2D eigenvalue weighted by molar-refractivity contribution is 0.589. The minimum Gasteiger partial charge on any atom is -0.456 e. The molecule has 56 heavy (non-hydrogen) atoms. The van der Waals surface area contributed by atoms with Gasteiger partial charge in [0.25, 0.3) is 0 Å². The van der Waals surface area contributed by atoms with Crippen LogP contribution in [0.2, 0.25) is 0 Å². The number of nitrogens with zero attached hydrogens (tertiary/aromatic N) is 3. The maximum absolute atomic E-state index is 6.59. The van der Waals surface area contributed by atoms with Gasteiger partial charge in [-0.1, -0.05) is 140 Å². The lowest BCUT2D eigenvalue weighted by Crippen LogP contribution is -2.09. The Balaban J connectivity index is 1.06. The average molecular weight is 744 g/mol. The topological polar surface area (TPSA) is 51.8 Å². The van der Waals surface area contributed by atoms with Crippen molar-refractivity contribution in [2.75, 3.05) is 0 Å². The normalized spacial score (nSPS) is 20.9. The second kappa shape index (κ2) is 14.6. The molecule has 4 unspecified atom stereocenters. The summed E-state index contributed by atoms with van der Waals surface area (Å²) in [6.07, 6.45) is 30.0. The smallest absolute Gasteiger partial charge is 0.163 e. The molecule has 1 aliphatic heterocycles. The van der Waals surface area contributed by atoms with Crippen molar-refractivity contribution in [3.8, 4) is 33.6 Å². The second-order valence-corrected chi connectivity index (χ2v) is 16.1. The first-order valence-corrected chi connectivity index (χ1v) is 20.5. The average Bonchev–Trinajstić information content (AvgIpc) is 3.84. The quantitative estimate of drug-likeness (QED) is 0.152. The number of rotatable bonds is 7. The minimum atomic E-state index is 0.113. The first kappa shape index (κ1) is 34.5. The summed E-state index contributed by atoms with van der Waals surface area (Å²) in [6.45, 7) is 4.08. The molecule has 0 spiro atoms. The summed E-state index contributed by atoms with van der Waals surface area (Å²) in [4.78, 5) is 16.5. The van der Waals surface area contributed by atoms with Crippen molar-refractivity contribution in [2.45, 2.75) is 54.6 Å². The van der Waals surface area contributed by atoms with Crippen LogP contribution in [0.1, 0.15) is 78.5 Å². The van der Waals surface area contributed by atoms with E-state index >= 15 is 0 Å². The molecular weight excluding hydrogens is 703 g/mol. The monoisotopic (exact) mass is 743 g/mol.